The highest BCUT2D eigenvalue weighted by Crippen LogP contribution is 2.29. The molecule has 0 spiro atoms. The zero-order valence-electron chi connectivity index (χ0n) is 13.5. The molecule has 0 aliphatic heterocycles. The number of non-ortho nitro benzene ring substituents is 1. The number of nitrogens with zero attached hydrogens (tertiary/aromatic N) is 2. The second-order valence-corrected chi connectivity index (χ2v) is 5.14. The SMILES string of the molecule is CCCCN(C)C(C)C(=O)Nc1cc([N+](=O)[O-])ccc1OC. The molecule has 0 saturated carbocycles. The topological polar surface area (TPSA) is 84.7 Å². The van der Waals surface area contributed by atoms with Gasteiger partial charge in [0.1, 0.15) is 5.75 Å². The molecule has 0 saturated heterocycles. The Hall–Kier alpha value is -2.15. The average Bonchev–Trinajstić information content (AvgIpc) is 2.51. The molecule has 0 aliphatic carbocycles. The van der Waals surface area contributed by atoms with Gasteiger partial charge in [-0.25, -0.2) is 0 Å². The van der Waals surface area contributed by atoms with Crippen LogP contribution in [0.25, 0.3) is 0 Å². The standard InChI is InChI=1S/C15H23N3O4/c1-5-6-9-17(3)11(2)15(19)16-13-10-12(18(20)21)7-8-14(13)22-4/h7-8,10-11H,5-6,9H2,1-4H3,(H,16,19). The molecule has 1 aromatic rings. The fourth-order valence-electron chi connectivity index (χ4n) is 1.95. The van der Waals surface area contributed by atoms with Crippen molar-refractivity contribution in [3.05, 3.63) is 28.3 Å². The maximum atomic E-state index is 12.3. The van der Waals surface area contributed by atoms with Crippen molar-refractivity contribution in [1.82, 2.24) is 4.90 Å². The van der Waals surface area contributed by atoms with Crippen molar-refractivity contribution in [2.24, 2.45) is 0 Å². The number of hydrogen-bond donors (Lipinski definition) is 1. The van der Waals surface area contributed by atoms with Gasteiger partial charge in [-0.05, 0) is 33.0 Å². The lowest BCUT2D eigenvalue weighted by molar-refractivity contribution is -0.384. The fraction of sp³-hybridized carbons (Fsp3) is 0.533. The third-order valence-electron chi connectivity index (χ3n) is 3.56. The van der Waals surface area contributed by atoms with Crippen molar-refractivity contribution in [3.8, 4) is 5.75 Å². The van der Waals surface area contributed by atoms with Gasteiger partial charge in [0, 0.05) is 12.1 Å². The zero-order valence-corrected chi connectivity index (χ0v) is 13.5. The molecule has 7 heteroatoms. The van der Waals surface area contributed by atoms with E-state index in [0.29, 0.717) is 11.4 Å². The molecule has 22 heavy (non-hydrogen) atoms. The number of methoxy groups -OCH3 is 1. The molecule has 122 valence electrons. The minimum atomic E-state index is -0.508. The number of nitrogens with one attached hydrogen (secondary N) is 1. The van der Waals surface area contributed by atoms with Crippen LogP contribution in [-0.4, -0.2) is 42.5 Å². The van der Waals surface area contributed by atoms with Gasteiger partial charge in [0.15, 0.2) is 0 Å². The molecule has 0 radical (unpaired) electrons. The minimum Gasteiger partial charge on any atom is -0.495 e. The molecule has 0 fully saturated rings. The lowest BCUT2D eigenvalue weighted by atomic mass is 10.2. The van der Waals surface area contributed by atoms with Crippen LogP contribution < -0.4 is 10.1 Å². The number of ether oxygens (including phenoxy) is 1. The van der Waals surface area contributed by atoms with Crippen LogP contribution in [0.15, 0.2) is 18.2 Å². The Morgan fingerprint density at radius 1 is 1.50 bits per heavy atom. The lowest BCUT2D eigenvalue weighted by Gasteiger charge is -2.24. The summed E-state index contributed by atoms with van der Waals surface area (Å²) in [6, 6.07) is 3.77. The summed E-state index contributed by atoms with van der Waals surface area (Å²) >= 11 is 0. The van der Waals surface area contributed by atoms with Crippen molar-refractivity contribution in [3.63, 3.8) is 0 Å². The van der Waals surface area contributed by atoms with Crippen LogP contribution in [-0.2, 0) is 4.79 Å². The predicted octanol–water partition coefficient (Wildman–Crippen LogP) is 2.66. The molecule has 0 bridgehead atoms. The van der Waals surface area contributed by atoms with Crippen LogP contribution in [0.2, 0.25) is 0 Å². The normalized spacial score (nSPS) is 12.0. The molecule has 1 amide bonds. The lowest BCUT2D eigenvalue weighted by Crippen LogP contribution is -2.40. The molecular weight excluding hydrogens is 286 g/mol. The summed E-state index contributed by atoms with van der Waals surface area (Å²) in [5, 5.41) is 13.5. The van der Waals surface area contributed by atoms with Crippen molar-refractivity contribution < 1.29 is 14.5 Å². The number of anilines is 1. The number of unbranched alkanes of at least 4 members (excludes halogenated alkanes) is 1. The van der Waals surface area contributed by atoms with Crippen LogP contribution in [0.5, 0.6) is 5.75 Å². The van der Waals surface area contributed by atoms with Crippen molar-refractivity contribution >= 4 is 17.3 Å². The number of nitro groups is 1. The maximum absolute atomic E-state index is 12.3. The summed E-state index contributed by atoms with van der Waals surface area (Å²) in [7, 11) is 3.33. The Labute approximate surface area is 130 Å². The van der Waals surface area contributed by atoms with Crippen molar-refractivity contribution in [2.75, 3.05) is 26.0 Å². The van der Waals surface area contributed by atoms with E-state index in [4.69, 9.17) is 4.74 Å². The van der Waals surface area contributed by atoms with Crippen molar-refractivity contribution in [2.45, 2.75) is 32.7 Å². The van der Waals surface area contributed by atoms with Gasteiger partial charge < -0.3 is 10.1 Å². The third kappa shape index (κ3) is 4.70. The van der Waals surface area contributed by atoms with Gasteiger partial charge in [0.2, 0.25) is 5.91 Å². The first-order chi connectivity index (χ1) is 10.4. The van der Waals surface area contributed by atoms with Gasteiger partial charge in [-0.2, -0.15) is 0 Å². The first kappa shape index (κ1) is 17.9. The number of hydrogen-bond acceptors (Lipinski definition) is 5. The largest absolute Gasteiger partial charge is 0.495 e. The van der Waals surface area contributed by atoms with E-state index in [1.54, 1.807) is 6.92 Å². The molecule has 1 aromatic carbocycles. The number of likely N-dealkylation sites (N-methyl/N-ethyl adjacent to an activating group) is 1. The summed E-state index contributed by atoms with van der Waals surface area (Å²) in [6.45, 7) is 4.71. The van der Waals surface area contributed by atoms with Gasteiger partial charge in [0.25, 0.3) is 5.69 Å². The molecule has 0 heterocycles. The highest BCUT2D eigenvalue weighted by atomic mass is 16.6. The monoisotopic (exact) mass is 309 g/mol. The van der Waals surface area contributed by atoms with Gasteiger partial charge >= 0.3 is 0 Å². The van der Waals surface area contributed by atoms with E-state index < -0.39 is 4.92 Å². The Morgan fingerprint density at radius 2 is 2.18 bits per heavy atom. The molecule has 1 unspecified atom stereocenters. The zero-order chi connectivity index (χ0) is 16.7. The summed E-state index contributed by atoms with van der Waals surface area (Å²) in [5.74, 6) is 0.166. The number of carbonyl (C=O) groups is 1. The summed E-state index contributed by atoms with van der Waals surface area (Å²) < 4.78 is 5.14. The Morgan fingerprint density at radius 3 is 2.73 bits per heavy atom. The summed E-state index contributed by atoms with van der Waals surface area (Å²) in [6.07, 6.45) is 2.06. The molecule has 7 nitrogen and oxygen atoms in total. The molecule has 0 aromatic heterocycles. The van der Waals surface area contributed by atoms with Crippen LogP contribution in [0.4, 0.5) is 11.4 Å². The van der Waals surface area contributed by atoms with Gasteiger partial charge in [0.05, 0.1) is 23.8 Å². The molecule has 1 N–H and O–H groups in total. The molecule has 1 atom stereocenters. The number of nitro benzene ring substituents is 1. The summed E-state index contributed by atoms with van der Waals surface area (Å²) in [5.41, 5.74) is 0.209. The third-order valence-corrected chi connectivity index (χ3v) is 3.56. The smallest absolute Gasteiger partial charge is 0.271 e. The molecule has 0 aliphatic rings. The Balaban J connectivity index is 2.86. The van der Waals surface area contributed by atoms with Gasteiger partial charge in [-0.3, -0.25) is 19.8 Å². The van der Waals surface area contributed by atoms with Gasteiger partial charge in [-0.15, -0.1) is 0 Å². The second kappa shape index (κ2) is 8.33. The van der Waals surface area contributed by atoms with Crippen molar-refractivity contribution in [1.29, 1.82) is 0 Å². The Bertz CT molecular complexity index is 534. The molecule has 1 rings (SSSR count). The highest BCUT2D eigenvalue weighted by molar-refractivity contribution is 5.96. The van der Waals surface area contributed by atoms with E-state index in [1.165, 1.54) is 25.3 Å². The first-order valence-corrected chi connectivity index (χ1v) is 7.24. The van der Waals surface area contributed by atoms with Crippen LogP contribution in [0.1, 0.15) is 26.7 Å². The van der Waals surface area contributed by atoms with E-state index in [0.717, 1.165) is 19.4 Å². The van der Waals surface area contributed by atoms with Gasteiger partial charge in [-0.1, -0.05) is 13.3 Å². The van der Waals surface area contributed by atoms with E-state index in [1.807, 2.05) is 11.9 Å². The minimum absolute atomic E-state index is 0.0944. The Kier molecular flexibility index (Phi) is 6.78. The number of carbonyl (C=O) groups excluding carboxylic acids is 1. The van der Waals surface area contributed by atoms with E-state index in [9.17, 15) is 14.9 Å². The van der Waals surface area contributed by atoms with E-state index in [2.05, 4.69) is 12.2 Å². The predicted molar refractivity (Wildman–Crippen MR) is 85.3 cm³/mol. The maximum Gasteiger partial charge on any atom is 0.271 e. The number of rotatable bonds is 8. The quantitative estimate of drug-likeness (QED) is 0.589. The fourth-order valence-corrected chi connectivity index (χ4v) is 1.95. The van der Waals surface area contributed by atoms with Crippen LogP contribution in [0, 0.1) is 10.1 Å². The second-order valence-electron chi connectivity index (χ2n) is 5.14. The number of amides is 1. The number of benzene rings is 1. The van der Waals surface area contributed by atoms with E-state index in [-0.39, 0.29) is 17.6 Å². The van der Waals surface area contributed by atoms with E-state index >= 15 is 0 Å². The highest BCUT2D eigenvalue weighted by Gasteiger charge is 2.20. The van der Waals surface area contributed by atoms with Crippen LogP contribution >= 0.6 is 0 Å². The average molecular weight is 309 g/mol. The summed E-state index contributed by atoms with van der Waals surface area (Å²) in [4.78, 5) is 24.6. The van der Waals surface area contributed by atoms with Crippen LogP contribution in [0.3, 0.4) is 0 Å². The first-order valence-electron chi connectivity index (χ1n) is 7.24. The molecular formula is C15H23N3O4.